The second-order valence-electron chi connectivity index (χ2n) is 17.7. The molecule has 12 rings (SSSR count). The molecule has 7 atom stereocenters. The third-order valence-corrected chi connectivity index (χ3v) is 16.0. The van der Waals surface area contributed by atoms with Crippen molar-refractivity contribution in [2.45, 2.75) is 92.2 Å². The van der Waals surface area contributed by atoms with E-state index in [1.165, 1.54) is 24.3 Å². The van der Waals surface area contributed by atoms with Crippen LogP contribution in [-0.4, -0.2) is 72.8 Å². The smallest absolute Gasteiger partial charge is 0.417 e. The third-order valence-electron chi connectivity index (χ3n) is 14.5. The van der Waals surface area contributed by atoms with Gasteiger partial charge in [-0.15, -0.1) is 0 Å². The van der Waals surface area contributed by atoms with Crippen LogP contribution < -0.4 is 9.47 Å². The summed E-state index contributed by atoms with van der Waals surface area (Å²) in [5, 5.41) is 31.6. The number of aliphatic hydroxyl groups is 2. The van der Waals surface area contributed by atoms with Crippen molar-refractivity contribution in [3.63, 3.8) is 0 Å². The van der Waals surface area contributed by atoms with E-state index in [1.54, 1.807) is 52.1 Å². The van der Waals surface area contributed by atoms with Crippen LogP contribution in [0.15, 0.2) is 82.0 Å². The number of halogens is 10. The summed E-state index contributed by atoms with van der Waals surface area (Å²) in [5.74, 6) is -1.06. The molecule has 0 radical (unpaired) electrons. The molecule has 4 aromatic carbocycles. The predicted molar refractivity (Wildman–Crippen MR) is 229 cm³/mol. The van der Waals surface area contributed by atoms with Crippen LogP contribution in [0.25, 0.3) is 38.0 Å². The Morgan fingerprint density at radius 1 is 0.697 bits per heavy atom. The summed E-state index contributed by atoms with van der Waals surface area (Å²) in [6.07, 6.45) is -8.65. The van der Waals surface area contributed by atoms with Crippen molar-refractivity contribution < 1.29 is 59.5 Å². The minimum Gasteiger partial charge on any atom is -0.492 e. The lowest BCUT2D eigenvalue weighted by Crippen LogP contribution is -2.67. The lowest BCUT2D eigenvalue weighted by atomic mass is 9.55. The fraction of sp³-hybridized carbons (Fsp3) is 0.413. The van der Waals surface area contributed by atoms with E-state index in [0.29, 0.717) is 71.2 Å². The van der Waals surface area contributed by atoms with Crippen molar-refractivity contribution in [2.24, 2.45) is 11.8 Å². The molecular formula is C46H37Br2F8N5O5. The molecule has 2 N–H and O–H groups in total. The second kappa shape index (κ2) is 15.6. The maximum Gasteiger partial charge on any atom is 0.417 e. The van der Waals surface area contributed by atoms with Gasteiger partial charge in [-0.25, -0.2) is 24.7 Å². The van der Waals surface area contributed by atoms with E-state index in [1.807, 2.05) is 6.07 Å². The number of aromatic nitrogens is 4. The van der Waals surface area contributed by atoms with Gasteiger partial charge in [0.1, 0.15) is 23.1 Å². The largest absolute Gasteiger partial charge is 0.492 e. The van der Waals surface area contributed by atoms with Gasteiger partial charge in [-0.3, -0.25) is 0 Å². The highest BCUT2D eigenvalue weighted by molar-refractivity contribution is 9.11. The van der Waals surface area contributed by atoms with E-state index < -0.39 is 65.5 Å². The van der Waals surface area contributed by atoms with Gasteiger partial charge < -0.3 is 29.3 Å². The van der Waals surface area contributed by atoms with Gasteiger partial charge >= 0.3 is 12.4 Å². The van der Waals surface area contributed by atoms with Crippen LogP contribution in [-0.2, 0) is 15.7 Å². The Morgan fingerprint density at radius 3 is 1.71 bits per heavy atom. The topological polar surface area (TPSA) is 108 Å². The molecule has 1 unspecified atom stereocenters. The molecule has 2 aliphatic carbocycles. The highest BCUT2D eigenvalue weighted by atomic mass is 79.9. The van der Waals surface area contributed by atoms with E-state index in [0.717, 1.165) is 0 Å². The molecule has 2 saturated carbocycles. The zero-order valence-corrected chi connectivity index (χ0v) is 37.5. The van der Waals surface area contributed by atoms with E-state index in [4.69, 9.17) is 20.8 Å². The summed E-state index contributed by atoms with van der Waals surface area (Å²) < 4.78 is 131. The van der Waals surface area contributed by atoms with E-state index in [2.05, 4.69) is 46.9 Å². The fourth-order valence-corrected chi connectivity index (χ4v) is 12.5. The Hall–Kier alpha value is -4.81. The standard InChI is InChI=1S/C23H18BrF4N3O2.C23H19BrF4N2O3/c1-29-22-8-7-21(32,23(26,27)28)11-14(22)6-9-33-20-17(22)10-13-12-30-31(19(13)18(20)24)16-4-2-15(25)3-5-16;24-17-18-12(11-29-30(18)15-3-1-14(25)2-4-15)9-16-19(17)32-8-5-13-10-21(23(26,27)28)6-7-22(13,16)20(31)33-21/h2-5,10,12,14,32H,6-9,11H2;1-4,9,11,13,20,31H,5-8,10H2/t14-,21-,22+;13-,20?,21-,22+/m11/s1. The summed E-state index contributed by atoms with van der Waals surface area (Å²) in [6, 6.07) is 15.3. The Morgan fingerprint density at radius 2 is 1.21 bits per heavy atom. The molecule has 6 heterocycles. The van der Waals surface area contributed by atoms with Gasteiger partial charge in [0, 0.05) is 28.7 Å². The minimum absolute atomic E-state index is 0.109. The van der Waals surface area contributed by atoms with Crippen molar-refractivity contribution in [1.29, 1.82) is 0 Å². The Bertz CT molecular complexity index is 2940. The highest BCUT2D eigenvalue weighted by Gasteiger charge is 2.71. The summed E-state index contributed by atoms with van der Waals surface area (Å²) >= 11 is 7.20. The van der Waals surface area contributed by atoms with Gasteiger partial charge in [0.05, 0.1) is 67.9 Å². The first-order valence-electron chi connectivity index (χ1n) is 21.1. The van der Waals surface area contributed by atoms with Crippen LogP contribution in [0.1, 0.15) is 62.5 Å². The quantitative estimate of drug-likeness (QED) is 0.131. The van der Waals surface area contributed by atoms with Crippen LogP contribution in [0.3, 0.4) is 0 Å². The highest BCUT2D eigenvalue weighted by Crippen LogP contribution is 2.64. The lowest BCUT2D eigenvalue weighted by Gasteiger charge is -2.59. The molecule has 4 aliphatic heterocycles. The number of ether oxygens (including phenoxy) is 3. The Labute approximate surface area is 387 Å². The number of benzene rings is 4. The van der Waals surface area contributed by atoms with Crippen LogP contribution in [0.4, 0.5) is 35.1 Å². The molecule has 20 heteroatoms. The summed E-state index contributed by atoms with van der Waals surface area (Å²) in [6.45, 7) is 8.33. The van der Waals surface area contributed by atoms with Crippen LogP contribution >= 0.6 is 31.9 Å². The molecule has 10 nitrogen and oxygen atoms in total. The molecule has 2 aromatic heterocycles. The zero-order valence-electron chi connectivity index (χ0n) is 34.4. The van der Waals surface area contributed by atoms with Crippen molar-refractivity contribution in [3.05, 3.63) is 116 Å². The number of hydrogen-bond acceptors (Lipinski definition) is 7. The lowest BCUT2D eigenvalue weighted by molar-refractivity contribution is -0.383. The number of alkyl halides is 6. The van der Waals surface area contributed by atoms with E-state index >= 15 is 0 Å². The normalized spacial score (nSPS) is 29.2. The number of hydrogen-bond donors (Lipinski definition) is 2. The first kappa shape index (κ1) is 45.0. The van der Waals surface area contributed by atoms with Crippen LogP contribution in [0.2, 0.25) is 0 Å². The molecule has 6 aromatic rings. The fourth-order valence-electron chi connectivity index (χ4n) is 11.0. The average molecular weight is 1050 g/mol. The van der Waals surface area contributed by atoms with Gasteiger partial charge in [-0.2, -0.15) is 36.5 Å². The van der Waals surface area contributed by atoms with Crippen molar-refractivity contribution >= 4 is 53.7 Å². The summed E-state index contributed by atoms with van der Waals surface area (Å²) in [4.78, 5) is 3.87. The number of nitrogens with zero attached hydrogens (tertiary/aromatic N) is 5. The molecular weight excluding hydrogens is 1010 g/mol. The van der Waals surface area contributed by atoms with Crippen molar-refractivity contribution in [1.82, 2.24) is 19.6 Å². The van der Waals surface area contributed by atoms with Gasteiger partial charge in [-0.1, -0.05) is 0 Å². The average Bonchev–Trinajstić information content (AvgIpc) is 3.82. The molecule has 6 aliphatic rings. The molecule has 66 heavy (non-hydrogen) atoms. The third kappa shape index (κ3) is 6.68. The van der Waals surface area contributed by atoms with Crippen molar-refractivity contribution in [3.8, 4) is 22.9 Å². The van der Waals surface area contributed by atoms with E-state index in [-0.39, 0.29) is 57.0 Å². The van der Waals surface area contributed by atoms with Gasteiger partial charge in [0.2, 0.25) is 0 Å². The molecule has 4 fully saturated rings. The number of rotatable bonds is 2. The Kier molecular flexibility index (Phi) is 10.6. The number of fused-ring (bicyclic) bond motifs is 8. The maximum atomic E-state index is 13.9. The molecule has 1 spiro atoms. The SMILES string of the molecule is OC1O[C@]2(C(F)(F)F)CC[C@]13c1cc4cnn(-c5ccc(F)cc5)c4c(Br)c1OCC[C@@H]3C2.[C-]#[N+][C@@]12CC[C@](O)(C(F)(F)F)C[C@H]1CCOc1c2cc2cnn(-c3ccc(F)cc3)c2c1Br. The summed E-state index contributed by atoms with van der Waals surface area (Å²) in [5.41, 5.74) is -3.68. The zero-order chi connectivity index (χ0) is 46.8. The monoisotopic (exact) mass is 1050 g/mol. The van der Waals surface area contributed by atoms with Crippen LogP contribution in [0, 0.1) is 30.0 Å². The molecule has 346 valence electrons. The van der Waals surface area contributed by atoms with Crippen molar-refractivity contribution in [2.75, 3.05) is 13.2 Å². The molecule has 0 amide bonds. The first-order chi connectivity index (χ1) is 31.3. The van der Waals surface area contributed by atoms with Gasteiger partial charge in [0.25, 0.3) is 5.54 Å². The van der Waals surface area contributed by atoms with Crippen LogP contribution in [0.5, 0.6) is 11.5 Å². The minimum atomic E-state index is -4.77. The summed E-state index contributed by atoms with van der Waals surface area (Å²) in [7, 11) is 0. The first-order valence-corrected chi connectivity index (χ1v) is 22.6. The predicted octanol–water partition coefficient (Wildman–Crippen LogP) is 11.3. The maximum absolute atomic E-state index is 13.9. The number of aliphatic hydroxyl groups excluding tert-OH is 1. The van der Waals surface area contributed by atoms with Gasteiger partial charge in [-0.05, 0) is 143 Å². The van der Waals surface area contributed by atoms with E-state index in [9.17, 15) is 45.3 Å². The molecule has 2 bridgehead atoms. The molecule has 2 saturated heterocycles. The second-order valence-corrected chi connectivity index (χ2v) is 19.3. The Balaban J connectivity index is 0.000000155. The van der Waals surface area contributed by atoms with Gasteiger partial charge in [0.15, 0.2) is 17.5 Å².